The topological polar surface area (TPSA) is 142 Å². The van der Waals surface area contributed by atoms with E-state index in [1.54, 1.807) is 67.6 Å². The Balaban J connectivity index is 0.000000318. The molecule has 0 heterocycles. The van der Waals surface area contributed by atoms with Crippen LogP contribution in [0.1, 0.15) is 0 Å². The fraction of sp³-hybridized carbons (Fsp3) is 0.100. The molecule has 0 aliphatic heterocycles. The summed E-state index contributed by atoms with van der Waals surface area (Å²) < 4.78 is 62.6. The van der Waals surface area contributed by atoms with Gasteiger partial charge in [0.15, 0.2) is 0 Å². The van der Waals surface area contributed by atoms with Crippen molar-refractivity contribution in [3.05, 3.63) is 83.6 Å². The van der Waals surface area contributed by atoms with Gasteiger partial charge in [0.05, 0.1) is 25.6 Å². The van der Waals surface area contributed by atoms with E-state index in [4.69, 9.17) is 22.0 Å². The molecule has 0 saturated carbocycles. The summed E-state index contributed by atoms with van der Waals surface area (Å²) in [5.41, 5.74) is 0. The summed E-state index contributed by atoms with van der Waals surface area (Å²) >= 11 is 5.42. The van der Waals surface area contributed by atoms with Gasteiger partial charge in [-0.3, -0.25) is 0 Å². The maximum absolute atomic E-state index is 12.5. The Morgan fingerprint density at radius 1 is 0.912 bits per heavy atom. The number of sulfonamides is 1. The average molecular weight is 553 g/mol. The molecule has 0 aliphatic rings. The quantitative estimate of drug-likeness (QED) is 0.344. The predicted octanol–water partition coefficient (Wildman–Crippen LogP) is 3.26. The highest BCUT2D eigenvalue weighted by atomic mass is 35.5. The van der Waals surface area contributed by atoms with Crippen LogP contribution in [0.5, 0.6) is 0 Å². The standard InChI is InChI=1S/C12H11NO3S2.C6H5ClFNO3S.C2H6O/c14-13-18(16)12-9-5-4-8-11(12)17(15)10-6-2-1-3-7-10;7-5-3-4(8)1-2-6(5)13(11,12)9-10;1-3-2/h1-9,13-14H;1-3,9-10H;1-2H3. The van der Waals surface area contributed by atoms with E-state index in [9.17, 15) is 21.2 Å². The van der Waals surface area contributed by atoms with E-state index in [2.05, 4.69) is 4.74 Å². The van der Waals surface area contributed by atoms with Crippen molar-refractivity contribution in [2.24, 2.45) is 0 Å². The molecule has 0 aromatic heterocycles. The molecule has 2 atom stereocenters. The second-order valence-electron chi connectivity index (χ2n) is 5.97. The van der Waals surface area contributed by atoms with E-state index in [0.717, 1.165) is 23.1 Å². The summed E-state index contributed by atoms with van der Waals surface area (Å²) in [5, 5.41) is 16.7. The number of halogens is 2. The van der Waals surface area contributed by atoms with Gasteiger partial charge < -0.3 is 15.2 Å². The smallest absolute Gasteiger partial charge is 0.263 e. The first kappa shape index (κ1) is 30.0. The zero-order valence-electron chi connectivity index (χ0n) is 17.8. The minimum Gasteiger partial charge on any atom is -0.388 e. The Labute approximate surface area is 206 Å². The van der Waals surface area contributed by atoms with Gasteiger partial charge in [-0.25, -0.2) is 21.2 Å². The minimum atomic E-state index is -4.04. The molecule has 2 unspecified atom stereocenters. The first-order valence-electron chi connectivity index (χ1n) is 9.01. The summed E-state index contributed by atoms with van der Waals surface area (Å²) in [4.78, 5) is 3.72. The van der Waals surface area contributed by atoms with Gasteiger partial charge in [0.1, 0.15) is 21.7 Å². The van der Waals surface area contributed by atoms with Crippen molar-refractivity contribution in [1.29, 1.82) is 0 Å². The molecule has 34 heavy (non-hydrogen) atoms. The first-order chi connectivity index (χ1) is 16.1. The molecule has 3 aromatic rings. The second kappa shape index (κ2) is 15.0. The number of rotatable bonds is 6. The number of hydrogen-bond acceptors (Lipinski definition) is 7. The Kier molecular flexibility index (Phi) is 13.2. The molecule has 3 rings (SSSR count). The van der Waals surface area contributed by atoms with E-state index in [-0.39, 0.29) is 9.92 Å². The van der Waals surface area contributed by atoms with Gasteiger partial charge in [0, 0.05) is 19.1 Å². The zero-order chi connectivity index (χ0) is 25.7. The maximum atomic E-state index is 12.5. The molecular weight excluding hydrogens is 531 g/mol. The third-order valence-corrected chi connectivity index (χ3v) is 7.70. The van der Waals surface area contributed by atoms with E-state index >= 15 is 0 Å². The fourth-order valence-corrected chi connectivity index (χ4v) is 5.47. The van der Waals surface area contributed by atoms with Crippen LogP contribution in [-0.2, 0) is 36.5 Å². The molecule has 0 fully saturated rings. The molecule has 0 bridgehead atoms. The summed E-state index contributed by atoms with van der Waals surface area (Å²) in [6.07, 6.45) is 0. The van der Waals surface area contributed by atoms with E-state index in [1.165, 1.54) is 0 Å². The lowest BCUT2D eigenvalue weighted by Gasteiger charge is -2.07. The van der Waals surface area contributed by atoms with Crippen LogP contribution in [0.25, 0.3) is 0 Å². The van der Waals surface area contributed by atoms with Gasteiger partial charge in [-0.1, -0.05) is 46.8 Å². The van der Waals surface area contributed by atoms with E-state index in [0.29, 0.717) is 14.7 Å². The lowest BCUT2D eigenvalue weighted by Crippen LogP contribution is -2.19. The lowest BCUT2D eigenvalue weighted by molar-refractivity contribution is 0.242. The van der Waals surface area contributed by atoms with Crippen LogP contribution in [0.4, 0.5) is 4.39 Å². The largest absolute Gasteiger partial charge is 0.388 e. The number of nitrogens with one attached hydrogen (secondary N) is 2. The van der Waals surface area contributed by atoms with Crippen LogP contribution in [0.15, 0.2) is 92.4 Å². The lowest BCUT2D eigenvalue weighted by atomic mass is 10.3. The van der Waals surface area contributed by atoms with Gasteiger partial charge in [0.2, 0.25) is 0 Å². The highest BCUT2D eigenvalue weighted by Crippen LogP contribution is 2.22. The van der Waals surface area contributed by atoms with Crippen LogP contribution in [0, 0.1) is 5.82 Å². The van der Waals surface area contributed by atoms with Gasteiger partial charge in [-0.15, -0.1) is 4.89 Å². The molecule has 4 N–H and O–H groups in total. The monoisotopic (exact) mass is 552 g/mol. The Morgan fingerprint density at radius 2 is 1.44 bits per heavy atom. The normalized spacial score (nSPS) is 12.4. The number of methoxy groups -OCH3 is 1. The highest BCUT2D eigenvalue weighted by Gasteiger charge is 2.17. The van der Waals surface area contributed by atoms with Crippen molar-refractivity contribution < 1.29 is 36.4 Å². The third-order valence-electron chi connectivity index (χ3n) is 3.59. The molecule has 0 saturated heterocycles. The van der Waals surface area contributed by atoms with Crippen molar-refractivity contribution >= 4 is 43.4 Å². The van der Waals surface area contributed by atoms with Crippen molar-refractivity contribution in [2.45, 2.75) is 19.6 Å². The van der Waals surface area contributed by atoms with Crippen LogP contribution < -0.4 is 9.77 Å². The Hall–Kier alpha value is -2.07. The minimum absolute atomic E-state index is 0.290. The van der Waals surface area contributed by atoms with Crippen LogP contribution >= 0.6 is 11.6 Å². The second-order valence-corrected chi connectivity index (χ2v) is 10.6. The fourth-order valence-electron chi connectivity index (χ4n) is 2.22. The van der Waals surface area contributed by atoms with Gasteiger partial charge >= 0.3 is 0 Å². The number of hydrogen-bond donors (Lipinski definition) is 4. The molecule has 186 valence electrons. The van der Waals surface area contributed by atoms with Gasteiger partial charge in [-0.05, 0) is 42.5 Å². The molecular formula is C20H22ClFN2O7S3. The molecule has 9 nitrogen and oxygen atoms in total. The zero-order valence-corrected chi connectivity index (χ0v) is 21.0. The van der Waals surface area contributed by atoms with Crippen LogP contribution in [0.2, 0.25) is 5.02 Å². The average Bonchev–Trinajstić information content (AvgIpc) is 2.84. The predicted molar refractivity (Wildman–Crippen MR) is 125 cm³/mol. The highest BCUT2D eigenvalue weighted by molar-refractivity contribution is 7.89. The molecule has 0 radical (unpaired) electrons. The molecule has 14 heteroatoms. The molecule has 0 spiro atoms. The van der Waals surface area contributed by atoms with Gasteiger partial charge in [-0.2, -0.15) is 0 Å². The number of ether oxygens (including phenoxy) is 1. The summed E-state index contributed by atoms with van der Waals surface area (Å²) in [7, 11) is -4.00. The summed E-state index contributed by atoms with van der Waals surface area (Å²) in [6, 6.07) is 18.2. The molecule has 0 amide bonds. The number of benzene rings is 3. The van der Waals surface area contributed by atoms with Crippen LogP contribution in [0.3, 0.4) is 0 Å². The Morgan fingerprint density at radius 3 is 1.94 bits per heavy atom. The summed E-state index contributed by atoms with van der Waals surface area (Å²) in [6.45, 7) is 0. The van der Waals surface area contributed by atoms with Gasteiger partial charge in [0.25, 0.3) is 10.0 Å². The van der Waals surface area contributed by atoms with Crippen molar-refractivity contribution in [2.75, 3.05) is 14.2 Å². The first-order valence-corrected chi connectivity index (χ1v) is 13.2. The summed E-state index contributed by atoms with van der Waals surface area (Å²) in [5.74, 6) is -0.651. The Bertz CT molecular complexity index is 1220. The molecule has 0 aliphatic carbocycles. The van der Waals surface area contributed by atoms with E-state index in [1.807, 2.05) is 6.07 Å². The SMILES string of the molecule is COC.O=S(=O)(NO)c1ccc(F)cc1Cl.O=S(NO)c1ccccc1S(=O)c1ccccc1. The third kappa shape index (κ3) is 8.94. The van der Waals surface area contributed by atoms with Crippen molar-refractivity contribution in [3.63, 3.8) is 0 Å². The molecule has 3 aromatic carbocycles. The van der Waals surface area contributed by atoms with Crippen molar-refractivity contribution in [1.82, 2.24) is 9.77 Å². The maximum Gasteiger partial charge on any atom is 0.263 e. The van der Waals surface area contributed by atoms with Crippen LogP contribution in [-0.4, -0.2) is 41.5 Å². The van der Waals surface area contributed by atoms with E-state index < -0.39 is 37.6 Å². The van der Waals surface area contributed by atoms with Crippen molar-refractivity contribution in [3.8, 4) is 0 Å².